The molecule has 0 saturated heterocycles. The van der Waals surface area contributed by atoms with E-state index in [-0.39, 0.29) is 180 Å². The zero-order valence-corrected chi connectivity index (χ0v) is 79.2. The maximum atomic E-state index is 13.8. The molecule has 0 aliphatic heterocycles. The minimum atomic E-state index is -4.21. The number of nitrogens with two attached hydrogens (primary N) is 1. The van der Waals surface area contributed by atoms with E-state index in [4.69, 9.17) is 34.2 Å². The molecule has 8 aromatic rings. The van der Waals surface area contributed by atoms with E-state index < -0.39 is 60.7 Å². The number of hydrogen-bond acceptors (Lipinski definition) is 27. The summed E-state index contributed by atoms with van der Waals surface area (Å²) in [5.74, 6) is -4.85. The molecule has 8 rings (SSSR count). The molecule has 0 aliphatic rings. The number of aromatic nitrogens is 6. The molecule has 1 unspecified atom stereocenters. The van der Waals surface area contributed by atoms with E-state index in [1.807, 2.05) is 12.1 Å². The van der Waals surface area contributed by atoms with Crippen molar-refractivity contribution in [3.8, 4) is 0 Å². The van der Waals surface area contributed by atoms with Crippen molar-refractivity contribution in [2.45, 2.75) is 161 Å². The molecule has 4 aromatic carbocycles. The Balaban J connectivity index is 0.567. The number of sulfonamides is 2. The van der Waals surface area contributed by atoms with E-state index in [0.29, 0.717) is 202 Å². The number of benzene rings is 4. The third-order valence-electron chi connectivity index (χ3n) is 21.5. The fraction of sp³-hybridized carbons (Fsp3) is 0.495. The van der Waals surface area contributed by atoms with Gasteiger partial charge in [0.2, 0.25) is 66.3 Å². The van der Waals surface area contributed by atoms with Crippen LogP contribution in [-0.4, -0.2) is 266 Å². The van der Waals surface area contributed by atoms with Crippen LogP contribution in [0.5, 0.6) is 0 Å². The number of rotatable bonds is 66. The van der Waals surface area contributed by atoms with Crippen LogP contribution < -0.4 is 79.2 Å². The molecular weight excluding hydrogens is 1810 g/mol. The van der Waals surface area contributed by atoms with Crippen LogP contribution in [0.25, 0.3) is 21.8 Å². The summed E-state index contributed by atoms with van der Waals surface area (Å²) in [7, 11) is -8.42. The number of aromatic amines is 2. The zero-order valence-electron chi connectivity index (χ0n) is 77.6. The van der Waals surface area contributed by atoms with Crippen LogP contribution in [0.2, 0.25) is 0 Å². The summed E-state index contributed by atoms with van der Waals surface area (Å²) in [6.07, 6.45) is 12.3. The number of aryl methyl sites for hydroxylation is 6. The number of nitrogens with one attached hydrogen (secondary N) is 14. The highest BCUT2D eigenvalue weighted by Gasteiger charge is 2.29. The topological polar surface area (TPSA) is 607 Å². The van der Waals surface area contributed by atoms with E-state index in [1.54, 1.807) is 85.9 Å². The molecule has 0 saturated carbocycles. The molecule has 0 aliphatic carbocycles. The zero-order chi connectivity index (χ0) is 98.5. The predicted octanol–water partition coefficient (Wildman–Crippen LogP) is 3.16. The number of anilines is 2. The van der Waals surface area contributed by atoms with Crippen LogP contribution in [-0.2, 0) is 103 Å². The number of pyridine rings is 2. The number of imidazole rings is 2. The predicted molar refractivity (Wildman–Crippen MR) is 505 cm³/mol. The Morgan fingerprint density at radius 3 is 1.08 bits per heavy atom. The van der Waals surface area contributed by atoms with Gasteiger partial charge in [-0.15, -0.1) is 0 Å². The third kappa shape index (κ3) is 35.7. The summed E-state index contributed by atoms with van der Waals surface area (Å²) in [6, 6.07) is 12.5. The molecule has 18 N–H and O–H groups in total. The van der Waals surface area contributed by atoms with E-state index in [0.717, 1.165) is 11.1 Å². The molecule has 0 bridgehead atoms. The molecule has 45 heteroatoms. The first kappa shape index (κ1) is 109. The van der Waals surface area contributed by atoms with E-state index in [1.165, 1.54) is 38.4 Å². The largest absolute Gasteiger partial charge is 0.478 e. The summed E-state index contributed by atoms with van der Waals surface area (Å²) in [4.78, 5) is 168. The van der Waals surface area contributed by atoms with E-state index in [2.05, 4.69) is 82.5 Å². The van der Waals surface area contributed by atoms with Crippen LogP contribution >= 0.6 is 0 Å². The number of carbonyl (C=O) groups is 10. The first-order valence-corrected chi connectivity index (χ1v) is 48.1. The number of fused-ring (bicyclic) bond motifs is 2. The maximum absolute atomic E-state index is 13.8. The number of hydrogen-bond donors (Lipinski definition) is 17. The molecule has 742 valence electrons. The number of H-pyrrole nitrogens is 2. The minimum absolute atomic E-state index is 0.0409. The van der Waals surface area contributed by atoms with Crippen molar-refractivity contribution in [3.63, 3.8) is 0 Å². The van der Waals surface area contributed by atoms with E-state index in [9.17, 15) is 84.6 Å². The number of amides is 8. The molecule has 4 heterocycles. The lowest BCUT2D eigenvalue weighted by Gasteiger charge is -2.16. The Morgan fingerprint density at radius 1 is 0.412 bits per heavy atom. The van der Waals surface area contributed by atoms with Crippen LogP contribution in [0, 0.1) is 41.5 Å². The summed E-state index contributed by atoms with van der Waals surface area (Å²) in [6.45, 7) is 15.3. The monoisotopic (exact) mass is 1930 g/mol. The standard InChI is InChI=1S/C91H127N19O24S2/c1-59-51-61(3)83(63(5)79(59)88(121)122)135(125,126)107-35-33-99-85(118)69-57-109(72-53-65(13-15-67(72)81(69)116)55-105-90-101-29-30-102-90)37-7-23-93-75(112)19-21-77(114)96-26-10-40-130-44-48-133-47-43-129-39-9-25-95-74(111)18-17-71(92)87(120)98-28-12-42-132-46-50-134-49-45-131-41-11-27-97-78(115)22-20-76(113)94-24-8-38-110-58-70(82(117)68-16-14-66(54-73(68)110)56-106-91-103-31-32-104-91)86(119)100-34-36-108-136(127,128)84-62(4)52-60(2)80(64(84)6)89(123)124/h13-16,29-32,51-54,57-58,71,107-108H,7-12,17-28,33-50,55-56,92H2,1-6H3,(H,93,112)(H,94,113)(H,95,111)(H,96,114)(H,97,115)(H,98,120)(H,99,118)(H,100,119)(H,121,122)(H,123,124)(H2,101,102,105)(H2,103,104,106). The molecule has 1 atom stereocenters. The summed E-state index contributed by atoms with van der Waals surface area (Å²) >= 11 is 0. The Hall–Kier alpha value is -12.4. The quantitative estimate of drug-likeness (QED) is 0.0243. The second-order valence-corrected chi connectivity index (χ2v) is 35.4. The van der Waals surface area contributed by atoms with Gasteiger partial charge in [-0.1, -0.05) is 24.3 Å². The summed E-state index contributed by atoms with van der Waals surface area (Å²) < 4.78 is 95.4. The lowest BCUT2D eigenvalue weighted by molar-refractivity contribution is -0.126. The van der Waals surface area contributed by atoms with Gasteiger partial charge < -0.3 is 117 Å². The number of ether oxygens (including phenoxy) is 6. The SMILES string of the molecule is Cc1cc(C)c(S(=O)(=O)NCCNC(=O)c2cn(CCCNC(=O)CCC(=O)NCCCOCCOCCOCCCNC(=O)CCC(N)C(=O)NCCCOCCOCCOCCCNC(=O)CCC(=O)NCCCn3cc(C(=O)NCCNS(=O)(=O)c4c(C)cc(C)c(C(=O)O)c4C)c(=O)c4ccc(CNc5ncc[nH]5)cc43)c3cc(CNc4ncc[nH]4)ccc3c2=O)c(C)c1C(=O)O. The van der Waals surface area contributed by atoms with Crippen molar-refractivity contribution in [3.05, 3.63) is 173 Å². The Morgan fingerprint density at radius 2 is 0.743 bits per heavy atom. The second kappa shape index (κ2) is 56.8. The molecule has 0 fully saturated rings. The van der Waals surface area contributed by atoms with Crippen molar-refractivity contribution in [1.82, 2.24) is 81.0 Å². The van der Waals surface area contributed by atoms with Crippen LogP contribution in [0.1, 0.15) is 163 Å². The molecule has 136 heavy (non-hydrogen) atoms. The molecule has 43 nitrogen and oxygen atoms in total. The van der Waals surface area contributed by atoms with Crippen molar-refractivity contribution in [1.29, 1.82) is 0 Å². The van der Waals surface area contributed by atoms with Gasteiger partial charge in [-0.05, 0) is 155 Å². The van der Waals surface area contributed by atoms with Crippen molar-refractivity contribution < 1.29 is 103 Å². The van der Waals surface area contributed by atoms with Gasteiger partial charge in [0.15, 0.2) is 11.9 Å². The normalized spacial score (nSPS) is 11.7. The van der Waals surface area contributed by atoms with Gasteiger partial charge in [-0.25, -0.2) is 45.8 Å². The van der Waals surface area contributed by atoms with E-state index >= 15 is 0 Å². The Kier molecular flexibility index (Phi) is 45.5. The van der Waals surface area contributed by atoms with Gasteiger partial charge in [0.25, 0.3) is 11.8 Å². The molecule has 0 spiro atoms. The Labute approximate surface area is 788 Å². The van der Waals surface area contributed by atoms with Gasteiger partial charge in [0.05, 0.1) is 90.8 Å². The lowest BCUT2D eigenvalue weighted by atomic mass is 10.00. The fourth-order valence-corrected chi connectivity index (χ4v) is 17.8. The van der Waals surface area contributed by atoms with Crippen molar-refractivity contribution in [2.24, 2.45) is 5.73 Å². The maximum Gasteiger partial charge on any atom is 0.336 e. The molecular formula is C91H127N19O24S2. The number of nitrogens with zero attached hydrogens (tertiary/aromatic N) is 4. The highest BCUT2D eigenvalue weighted by atomic mass is 32.2. The van der Waals surface area contributed by atoms with Crippen LogP contribution in [0.4, 0.5) is 11.9 Å². The summed E-state index contributed by atoms with van der Waals surface area (Å²) in [5.41, 5.74) is 8.65. The van der Waals surface area contributed by atoms with Gasteiger partial charge in [0.1, 0.15) is 11.1 Å². The van der Waals surface area contributed by atoms with Crippen molar-refractivity contribution >= 4 is 113 Å². The lowest BCUT2D eigenvalue weighted by Crippen LogP contribution is -2.42. The average Bonchev–Trinajstić information content (AvgIpc) is 0.981. The number of carboxylic acids is 2. The highest BCUT2D eigenvalue weighted by Crippen LogP contribution is 2.29. The second-order valence-electron chi connectivity index (χ2n) is 32.0. The van der Waals surface area contributed by atoms with Crippen LogP contribution in [0.3, 0.4) is 0 Å². The fourth-order valence-electron chi connectivity index (χ4n) is 14.8. The average molecular weight is 1940 g/mol. The Bertz CT molecular complexity index is 5740. The smallest absolute Gasteiger partial charge is 0.336 e. The van der Waals surface area contributed by atoms with Crippen LogP contribution in [0.15, 0.2) is 105 Å². The molecule has 0 radical (unpaired) electrons. The van der Waals surface area contributed by atoms with Gasteiger partial charge in [0, 0.05) is 198 Å². The number of aromatic carboxylic acids is 2. The highest BCUT2D eigenvalue weighted by molar-refractivity contribution is 7.90. The third-order valence-corrected chi connectivity index (χ3v) is 25.0. The molecule has 8 amide bonds. The van der Waals surface area contributed by atoms with Gasteiger partial charge in [-0.3, -0.25) is 47.9 Å². The minimum Gasteiger partial charge on any atom is -0.478 e. The van der Waals surface area contributed by atoms with Gasteiger partial charge >= 0.3 is 11.9 Å². The first-order chi connectivity index (χ1) is 65.2. The number of carbonyl (C=O) groups excluding carboxylic acids is 8. The van der Waals surface area contributed by atoms with Gasteiger partial charge in [-0.2, -0.15) is 0 Å². The first-order valence-electron chi connectivity index (χ1n) is 45.1. The molecule has 4 aromatic heterocycles. The number of carboxylic acid groups (broad SMARTS) is 2. The summed E-state index contributed by atoms with van der Waals surface area (Å²) in [5, 5.41) is 48.3. The van der Waals surface area contributed by atoms with Crippen molar-refractivity contribution in [2.75, 3.05) is 155 Å².